The summed E-state index contributed by atoms with van der Waals surface area (Å²) in [4.78, 5) is 20.6. The third-order valence-corrected chi connectivity index (χ3v) is 4.87. The standard InChI is InChI=1S/C22H21FN6O2/c1-29-6-5-14(28-29)10-27-21-17-7-16(13-3-4-15(12-31-2)25-9-13)19(23)8-20(17)26-11-18(21)22(24)30/h3-9,11H,10,12H2,1-2H3,(H2,24,30)(H,26,27). The molecule has 0 fully saturated rings. The fourth-order valence-electron chi connectivity index (χ4n) is 3.37. The highest BCUT2D eigenvalue weighted by atomic mass is 19.1. The van der Waals surface area contributed by atoms with Gasteiger partial charge in [-0.25, -0.2) is 4.39 Å². The number of fused-ring (bicyclic) bond motifs is 1. The van der Waals surface area contributed by atoms with Gasteiger partial charge in [0.2, 0.25) is 0 Å². The number of hydrogen-bond acceptors (Lipinski definition) is 6. The molecule has 0 saturated carbocycles. The first-order chi connectivity index (χ1) is 15.0. The first kappa shape index (κ1) is 20.4. The largest absolute Gasteiger partial charge is 0.378 e. The number of methoxy groups -OCH3 is 1. The van der Waals surface area contributed by atoms with E-state index in [2.05, 4.69) is 20.4 Å². The van der Waals surface area contributed by atoms with Crippen molar-refractivity contribution in [2.75, 3.05) is 12.4 Å². The van der Waals surface area contributed by atoms with Crippen LogP contribution >= 0.6 is 0 Å². The summed E-state index contributed by atoms with van der Waals surface area (Å²) in [7, 11) is 3.41. The van der Waals surface area contributed by atoms with Gasteiger partial charge in [-0.15, -0.1) is 0 Å². The Labute approximate surface area is 177 Å². The third kappa shape index (κ3) is 4.22. The van der Waals surface area contributed by atoms with Gasteiger partial charge in [0.15, 0.2) is 0 Å². The van der Waals surface area contributed by atoms with Crippen LogP contribution in [0.15, 0.2) is 48.9 Å². The van der Waals surface area contributed by atoms with Crippen LogP contribution in [0, 0.1) is 5.82 Å². The van der Waals surface area contributed by atoms with E-state index in [4.69, 9.17) is 10.5 Å². The number of halogens is 1. The minimum atomic E-state index is -0.630. The van der Waals surface area contributed by atoms with Crippen LogP contribution in [0.3, 0.4) is 0 Å². The summed E-state index contributed by atoms with van der Waals surface area (Å²) in [5.74, 6) is -1.07. The summed E-state index contributed by atoms with van der Waals surface area (Å²) in [6.45, 7) is 0.730. The van der Waals surface area contributed by atoms with Gasteiger partial charge >= 0.3 is 0 Å². The monoisotopic (exact) mass is 420 g/mol. The molecule has 4 aromatic rings. The first-order valence-corrected chi connectivity index (χ1v) is 9.55. The highest BCUT2D eigenvalue weighted by Gasteiger charge is 2.17. The van der Waals surface area contributed by atoms with E-state index < -0.39 is 11.7 Å². The second-order valence-electron chi connectivity index (χ2n) is 7.07. The van der Waals surface area contributed by atoms with Gasteiger partial charge < -0.3 is 15.8 Å². The van der Waals surface area contributed by atoms with Gasteiger partial charge in [-0.05, 0) is 18.2 Å². The minimum absolute atomic E-state index is 0.217. The van der Waals surface area contributed by atoms with Crippen molar-refractivity contribution in [3.8, 4) is 11.1 Å². The molecule has 0 radical (unpaired) electrons. The minimum Gasteiger partial charge on any atom is -0.378 e. The Morgan fingerprint density at radius 1 is 1.19 bits per heavy atom. The van der Waals surface area contributed by atoms with Crippen molar-refractivity contribution in [2.24, 2.45) is 12.8 Å². The molecule has 0 atom stereocenters. The highest BCUT2D eigenvalue weighted by molar-refractivity contribution is 6.07. The molecule has 0 aliphatic carbocycles. The SMILES string of the molecule is COCc1ccc(-c2cc3c(NCc4ccn(C)n4)c(C(N)=O)cnc3cc2F)cn1. The Balaban J connectivity index is 1.80. The predicted octanol–water partition coefficient (Wildman–Crippen LogP) is 3.03. The molecule has 158 valence electrons. The van der Waals surface area contributed by atoms with Gasteiger partial charge in [0.1, 0.15) is 5.82 Å². The van der Waals surface area contributed by atoms with E-state index >= 15 is 0 Å². The lowest BCUT2D eigenvalue weighted by Crippen LogP contribution is -2.15. The number of nitrogens with two attached hydrogens (primary N) is 1. The number of aromatic nitrogens is 4. The molecule has 9 heteroatoms. The normalized spacial score (nSPS) is 11.1. The number of nitrogens with one attached hydrogen (secondary N) is 1. The number of anilines is 1. The zero-order valence-electron chi connectivity index (χ0n) is 17.1. The lowest BCUT2D eigenvalue weighted by molar-refractivity contribution is 0.100. The van der Waals surface area contributed by atoms with Gasteiger partial charge in [-0.1, -0.05) is 6.07 Å². The molecule has 0 spiro atoms. The molecule has 0 aliphatic rings. The lowest BCUT2D eigenvalue weighted by atomic mass is 10.0. The van der Waals surface area contributed by atoms with Crippen molar-refractivity contribution in [1.82, 2.24) is 19.7 Å². The van der Waals surface area contributed by atoms with Crippen LogP contribution in [0.1, 0.15) is 21.7 Å². The van der Waals surface area contributed by atoms with Crippen molar-refractivity contribution in [3.63, 3.8) is 0 Å². The Hall–Kier alpha value is -3.85. The fraction of sp³-hybridized carbons (Fsp3) is 0.182. The number of pyridine rings is 2. The van der Waals surface area contributed by atoms with Crippen molar-refractivity contribution < 1.29 is 13.9 Å². The number of primary amides is 1. The highest BCUT2D eigenvalue weighted by Crippen LogP contribution is 2.32. The van der Waals surface area contributed by atoms with E-state index in [1.807, 2.05) is 19.3 Å². The van der Waals surface area contributed by atoms with Crippen LogP contribution in [-0.2, 0) is 24.9 Å². The lowest BCUT2D eigenvalue weighted by Gasteiger charge is -2.14. The predicted molar refractivity (Wildman–Crippen MR) is 115 cm³/mol. The number of carbonyl (C=O) groups is 1. The molecule has 0 aliphatic heterocycles. The number of hydrogen-bond donors (Lipinski definition) is 2. The Morgan fingerprint density at radius 3 is 2.68 bits per heavy atom. The van der Waals surface area contributed by atoms with Crippen LogP contribution in [0.2, 0.25) is 0 Å². The maximum Gasteiger partial charge on any atom is 0.252 e. The van der Waals surface area contributed by atoms with E-state index in [9.17, 15) is 9.18 Å². The number of rotatable bonds is 7. The van der Waals surface area contributed by atoms with Crippen LogP contribution in [-0.4, -0.2) is 32.8 Å². The second-order valence-corrected chi connectivity index (χ2v) is 7.07. The number of ether oxygens (including phenoxy) is 1. The van der Waals surface area contributed by atoms with E-state index in [1.165, 1.54) is 12.3 Å². The molecular formula is C22H21FN6O2. The van der Waals surface area contributed by atoms with Crippen LogP contribution in [0.4, 0.5) is 10.1 Å². The topological polar surface area (TPSA) is 108 Å². The molecule has 1 aromatic carbocycles. The van der Waals surface area contributed by atoms with Gasteiger partial charge in [-0.2, -0.15) is 5.10 Å². The summed E-state index contributed by atoms with van der Waals surface area (Å²) in [6.07, 6.45) is 4.76. The number of carbonyl (C=O) groups excluding carboxylic acids is 1. The molecule has 3 N–H and O–H groups in total. The van der Waals surface area contributed by atoms with Crippen LogP contribution in [0.5, 0.6) is 0 Å². The average molecular weight is 420 g/mol. The van der Waals surface area contributed by atoms with Gasteiger partial charge in [0.05, 0.1) is 41.3 Å². The molecule has 1 amide bonds. The zero-order valence-corrected chi connectivity index (χ0v) is 17.1. The molecule has 0 bridgehead atoms. The molecule has 4 rings (SSSR count). The summed E-state index contributed by atoms with van der Waals surface area (Å²) >= 11 is 0. The van der Waals surface area contributed by atoms with E-state index in [0.29, 0.717) is 40.9 Å². The Morgan fingerprint density at radius 2 is 2.03 bits per heavy atom. The molecule has 8 nitrogen and oxygen atoms in total. The maximum atomic E-state index is 14.9. The van der Waals surface area contributed by atoms with Crippen molar-refractivity contribution in [2.45, 2.75) is 13.2 Å². The van der Waals surface area contributed by atoms with Crippen LogP contribution in [0.25, 0.3) is 22.0 Å². The summed E-state index contributed by atoms with van der Waals surface area (Å²) in [5.41, 5.74) is 9.12. The molecule has 0 saturated heterocycles. The smallest absolute Gasteiger partial charge is 0.252 e. The first-order valence-electron chi connectivity index (χ1n) is 9.55. The third-order valence-electron chi connectivity index (χ3n) is 4.87. The Bertz CT molecular complexity index is 1250. The van der Waals surface area contributed by atoms with Crippen LogP contribution < -0.4 is 11.1 Å². The molecule has 31 heavy (non-hydrogen) atoms. The summed E-state index contributed by atoms with van der Waals surface area (Å²) < 4.78 is 21.6. The summed E-state index contributed by atoms with van der Waals surface area (Å²) in [5, 5.41) is 8.12. The van der Waals surface area contributed by atoms with E-state index in [-0.39, 0.29) is 5.56 Å². The number of aryl methyl sites for hydroxylation is 1. The second kappa shape index (κ2) is 8.49. The molecule has 3 heterocycles. The van der Waals surface area contributed by atoms with E-state index in [1.54, 1.807) is 36.2 Å². The zero-order chi connectivity index (χ0) is 22.0. The molecular weight excluding hydrogens is 399 g/mol. The maximum absolute atomic E-state index is 14.9. The molecule has 3 aromatic heterocycles. The number of nitrogens with zero attached hydrogens (tertiary/aromatic N) is 4. The quantitative estimate of drug-likeness (QED) is 0.476. The van der Waals surface area contributed by atoms with Crippen molar-refractivity contribution in [1.29, 1.82) is 0 Å². The van der Waals surface area contributed by atoms with Crippen molar-refractivity contribution in [3.05, 3.63) is 71.7 Å². The van der Waals surface area contributed by atoms with Gasteiger partial charge in [0.25, 0.3) is 5.91 Å². The average Bonchev–Trinajstić information content (AvgIpc) is 3.17. The van der Waals surface area contributed by atoms with Gasteiger partial charge in [-0.3, -0.25) is 19.4 Å². The Kier molecular flexibility index (Phi) is 5.59. The van der Waals surface area contributed by atoms with Gasteiger partial charge in [0, 0.05) is 55.3 Å². The number of benzene rings is 1. The van der Waals surface area contributed by atoms with Crippen molar-refractivity contribution >= 4 is 22.5 Å². The molecule has 0 unspecified atom stereocenters. The summed E-state index contributed by atoms with van der Waals surface area (Å²) in [6, 6.07) is 8.40. The fourth-order valence-corrected chi connectivity index (χ4v) is 3.37. The number of amides is 1. The van der Waals surface area contributed by atoms with E-state index in [0.717, 1.165) is 11.4 Å².